The Labute approximate surface area is 300 Å². The van der Waals surface area contributed by atoms with Crippen LogP contribution in [-0.4, -0.2) is 137 Å². The molecule has 0 aromatic rings. The molecular formula is C21H18F26LiNO5S. The van der Waals surface area contributed by atoms with Crippen LogP contribution in [0, 0.1) is 0 Å². The van der Waals surface area contributed by atoms with Crippen LogP contribution in [0.5, 0.6) is 0 Å². The summed E-state index contributed by atoms with van der Waals surface area (Å²) in [6.07, 6.45) is -31.3. The van der Waals surface area contributed by atoms with Gasteiger partial charge < -0.3 is 14.8 Å². The molecule has 0 rings (SSSR count). The summed E-state index contributed by atoms with van der Waals surface area (Å²) >= 11 is 0. The first kappa shape index (κ1) is 55.7. The summed E-state index contributed by atoms with van der Waals surface area (Å²) in [7, 11) is -5.41. The average Bonchev–Trinajstić information content (AvgIpc) is 2.89. The van der Waals surface area contributed by atoms with Crippen LogP contribution in [0.4, 0.5) is 114 Å². The van der Waals surface area contributed by atoms with Crippen LogP contribution in [0.2, 0.25) is 0 Å². The van der Waals surface area contributed by atoms with Gasteiger partial charge in [-0.3, -0.25) is 4.90 Å². The fourth-order valence-electron chi connectivity index (χ4n) is 3.90. The molecule has 0 aliphatic heterocycles. The van der Waals surface area contributed by atoms with Gasteiger partial charge in [0.15, 0.2) is 0 Å². The van der Waals surface area contributed by atoms with Crippen molar-refractivity contribution >= 4 is 10.1 Å². The van der Waals surface area contributed by atoms with Crippen LogP contribution in [-0.2, 0) is 10.1 Å². The van der Waals surface area contributed by atoms with E-state index in [2.05, 4.69) is 0 Å². The minimum atomic E-state index is -8.42. The van der Waals surface area contributed by atoms with E-state index >= 15 is 0 Å². The Morgan fingerprint density at radius 2 is 0.691 bits per heavy atom. The van der Waals surface area contributed by atoms with E-state index in [-0.39, 0.29) is 23.8 Å². The number of alkyl halides is 26. The second kappa shape index (κ2) is 16.3. The molecule has 0 bridgehead atoms. The summed E-state index contributed by atoms with van der Waals surface area (Å²) in [5.41, 5.74) is 0. The van der Waals surface area contributed by atoms with Crippen LogP contribution in [0.15, 0.2) is 0 Å². The van der Waals surface area contributed by atoms with Gasteiger partial charge >= 0.3 is 90.4 Å². The molecular weight excluding hydrogens is 879 g/mol. The Hall–Kier alpha value is -1.43. The number of aliphatic hydroxyl groups is 2. The van der Waals surface area contributed by atoms with Crippen LogP contribution < -0.4 is 18.9 Å². The van der Waals surface area contributed by atoms with E-state index in [1.165, 1.54) is 0 Å². The smallest absolute Gasteiger partial charge is 0.748 e. The third-order valence-corrected chi connectivity index (χ3v) is 7.58. The Morgan fingerprint density at radius 3 is 0.909 bits per heavy atom. The van der Waals surface area contributed by atoms with E-state index in [0.717, 1.165) is 0 Å². The van der Waals surface area contributed by atoms with Crippen molar-refractivity contribution in [3.8, 4) is 0 Å². The molecule has 34 heteroatoms. The maximum absolute atomic E-state index is 14.1. The Balaban J connectivity index is 0. The first-order valence-electron chi connectivity index (χ1n) is 13.0. The minimum Gasteiger partial charge on any atom is -0.748 e. The zero-order valence-electron chi connectivity index (χ0n) is 25.9. The van der Waals surface area contributed by atoms with Gasteiger partial charge in [-0.25, -0.2) is 8.42 Å². The summed E-state index contributed by atoms with van der Waals surface area (Å²) in [5.74, 6) is -81.9. The van der Waals surface area contributed by atoms with Gasteiger partial charge in [0, 0.05) is 31.7 Å². The van der Waals surface area contributed by atoms with Crippen LogP contribution in [0.1, 0.15) is 19.3 Å². The van der Waals surface area contributed by atoms with E-state index < -0.39 is 139 Å². The van der Waals surface area contributed by atoms with Crippen LogP contribution in [0.25, 0.3) is 0 Å². The molecule has 0 heterocycles. The first-order valence-corrected chi connectivity index (χ1v) is 14.6. The number of hydrogen-bond donors (Lipinski definition) is 2. The molecule has 2 N–H and O–H groups in total. The second-order valence-electron chi connectivity index (χ2n) is 11.1. The van der Waals surface area contributed by atoms with E-state index in [1.54, 1.807) is 0 Å². The fraction of sp³-hybridized carbons (Fsp3) is 1.00. The maximum Gasteiger partial charge on any atom is 1.00 e. The van der Waals surface area contributed by atoms with Gasteiger partial charge in [-0.05, 0) is 13.0 Å². The summed E-state index contributed by atoms with van der Waals surface area (Å²) in [6.45, 7) is -5.97. The largest absolute Gasteiger partial charge is 1.00 e. The van der Waals surface area contributed by atoms with Gasteiger partial charge in [0.25, 0.3) is 0 Å². The molecule has 0 aromatic carbocycles. The van der Waals surface area contributed by atoms with Crippen molar-refractivity contribution in [2.75, 3.05) is 25.4 Å². The molecule has 326 valence electrons. The molecule has 0 aliphatic rings. The third kappa shape index (κ3) is 10.4. The summed E-state index contributed by atoms with van der Waals surface area (Å²) in [5, 5.41) is 19.3. The van der Waals surface area contributed by atoms with Gasteiger partial charge in [0.05, 0.1) is 22.3 Å². The number of nitrogens with zero attached hydrogens (tertiary/aromatic N) is 1. The van der Waals surface area contributed by atoms with Crippen molar-refractivity contribution in [2.24, 2.45) is 0 Å². The molecule has 2 unspecified atom stereocenters. The number of halogens is 26. The van der Waals surface area contributed by atoms with Gasteiger partial charge in [0.2, 0.25) is 0 Å². The zero-order valence-corrected chi connectivity index (χ0v) is 26.7. The van der Waals surface area contributed by atoms with Crippen molar-refractivity contribution in [1.29, 1.82) is 0 Å². The fourth-order valence-corrected chi connectivity index (χ4v) is 4.38. The minimum absolute atomic E-state index is 0. The number of aliphatic hydroxyl groups excluding tert-OH is 2. The maximum atomic E-state index is 14.1. The van der Waals surface area contributed by atoms with Gasteiger partial charge in [-0.15, -0.1) is 0 Å². The monoisotopic (exact) mass is 897 g/mol. The topological polar surface area (TPSA) is 101 Å². The number of hydrogen-bond acceptors (Lipinski definition) is 6. The predicted molar refractivity (Wildman–Crippen MR) is 118 cm³/mol. The van der Waals surface area contributed by atoms with Crippen molar-refractivity contribution < 1.29 is 156 Å². The van der Waals surface area contributed by atoms with Crippen LogP contribution >= 0.6 is 0 Å². The summed E-state index contributed by atoms with van der Waals surface area (Å²) in [6, 6.07) is 0. The molecule has 2 atom stereocenters. The number of rotatable bonds is 20. The average molecular weight is 897 g/mol. The molecule has 0 radical (unpaired) electrons. The molecule has 0 aromatic heterocycles. The molecule has 0 spiro atoms. The van der Waals surface area contributed by atoms with Gasteiger partial charge in [-0.2, -0.15) is 114 Å². The quantitative estimate of drug-likeness (QED) is 0.108. The molecule has 55 heavy (non-hydrogen) atoms. The second-order valence-corrected chi connectivity index (χ2v) is 12.6. The standard InChI is InChI=1S/C21H19F26NO5S.Li/c22-10(23,12(26,27)14(30,31)16(34,35)18(38,39)20(42,43)44)4-8(49)6-48(2-1-3-54(51,52)53)7-9(50)5-11(24,25)13(28,29)15(32,33)17(36,37)19(40,41)21(45,46)47;/h8-9,49-50H,1-7H2,(H,51,52,53);/q;+1/p-1. The first-order chi connectivity index (χ1) is 23.1. The van der Waals surface area contributed by atoms with Crippen molar-refractivity contribution in [1.82, 2.24) is 4.90 Å². The molecule has 6 nitrogen and oxygen atoms in total. The van der Waals surface area contributed by atoms with E-state index in [0.29, 0.717) is 0 Å². The normalized spacial score (nSPS) is 17.0. The van der Waals surface area contributed by atoms with Crippen LogP contribution in [0.3, 0.4) is 0 Å². The van der Waals surface area contributed by atoms with E-state index in [9.17, 15) is 137 Å². The molecule has 0 aliphatic carbocycles. The Kier molecular flexibility index (Phi) is 16.5. The van der Waals surface area contributed by atoms with Gasteiger partial charge in [0.1, 0.15) is 0 Å². The predicted octanol–water partition coefficient (Wildman–Crippen LogP) is 4.21. The zero-order chi connectivity index (χ0) is 44.2. The molecule has 0 fully saturated rings. The van der Waals surface area contributed by atoms with E-state index in [4.69, 9.17) is 0 Å². The Bertz CT molecular complexity index is 1300. The summed E-state index contributed by atoms with van der Waals surface area (Å²) in [4.78, 5) is -0.377. The van der Waals surface area contributed by atoms with Crippen molar-refractivity contribution in [3.05, 3.63) is 0 Å². The summed E-state index contributed by atoms with van der Waals surface area (Å²) < 4.78 is 378. The molecule has 0 saturated carbocycles. The Morgan fingerprint density at radius 1 is 0.455 bits per heavy atom. The molecule has 0 saturated heterocycles. The molecule has 0 amide bonds. The third-order valence-electron chi connectivity index (χ3n) is 6.79. The SMILES string of the molecule is O=S(=O)([O-])CCCN(CC(O)CC(F)(F)C(F)(F)C(F)(F)C(F)(F)C(F)(F)C(F)(F)F)CC(O)CC(F)(F)C(F)(F)C(F)(F)C(F)(F)C(F)(F)C(F)(F)F.[Li+]. The van der Waals surface area contributed by atoms with Crippen molar-refractivity contribution in [3.63, 3.8) is 0 Å². The van der Waals surface area contributed by atoms with E-state index in [1.807, 2.05) is 0 Å². The van der Waals surface area contributed by atoms with Crippen molar-refractivity contribution in [2.45, 2.75) is 103 Å². The van der Waals surface area contributed by atoms with Gasteiger partial charge in [-0.1, -0.05) is 0 Å².